The summed E-state index contributed by atoms with van der Waals surface area (Å²) in [6.45, 7) is 13.9. The second kappa shape index (κ2) is 14.1. The number of hydrogen-bond acceptors (Lipinski definition) is 7. The Morgan fingerprint density at radius 2 is 1.35 bits per heavy atom. The summed E-state index contributed by atoms with van der Waals surface area (Å²) in [7, 11) is 0. The summed E-state index contributed by atoms with van der Waals surface area (Å²) >= 11 is 0. The zero-order valence-corrected chi connectivity index (χ0v) is 18.9. The Morgan fingerprint density at radius 3 is 1.81 bits per heavy atom. The predicted molar refractivity (Wildman–Crippen MR) is 115 cm³/mol. The lowest BCUT2D eigenvalue weighted by molar-refractivity contribution is -0.144. The highest BCUT2D eigenvalue weighted by Gasteiger charge is 2.30. The van der Waals surface area contributed by atoms with E-state index < -0.39 is 29.6 Å². The number of esters is 2. The van der Waals surface area contributed by atoms with Crippen molar-refractivity contribution in [2.75, 3.05) is 26.4 Å². The van der Waals surface area contributed by atoms with E-state index in [2.05, 4.69) is 29.1 Å². The molecule has 176 valence electrons. The molecule has 0 aliphatic rings. The number of ether oxygens (including phenoxy) is 3. The molecule has 10 heteroatoms. The van der Waals surface area contributed by atoms with Crippen LogP contribution < -0.4 is 16.0 Å². The number of carbonyl (C=O) groups is 4. The lowest BCUT2D eigenvalue weighted by Crippen LogP contribution is -2.56. The second-order valence-corrected chi connectivity index (χ2v) is 7.45. The molecule has 0 fully saturated rings. The van der Waals surface area contributed by atoms with Gasteiger partial charge in [0.05, 0.1) is 6.61 Å². The largest absolute Gasteiger partial charge is 0.460 e. The predicted octanol–water partition coefficient (Wildman–Crippen LogP) is 2.20. The Morgan fingerprint density at radius 1 is 0.839 bits per heavy atom. The molecule has 0 spiro atoms. The van der Waals surface area contributed by atoms with Crippen molar-refractivity contribution in [1.82, 2.24) is 16.0 Å². The standard InChI is InChI=1S/C21H35N3O7/c1-7-16(25)30-14-21(6,15-31-17(26)8-2)23-18(27)22-12-11-13-29-19(28)24-20(5,9-3)10-4/h7-8H,1-2,9-15H2,3-6H3,(H,24,28)(H2,22,23,27). The minimum Gasteiger partial charge on any atom is -0.460 e. The van der Waals surface area contributed by atoms with Crippen molar-refractivity contribution in [2.24, 2.45) is 0 Å². The van der Waals surface area contributed by atoms with Crippen LogP contribution in [0.3, 0.4) is 0 Å². The van der Waals surface area contributed by atoms with Crippen molar-refractivity contribution in [3.8, 4) is 0 Å². The van der Waals surface area contributed by atoms with Crippen LogP contribution in [0.1, 0.15) is 47.0 Å². The summed E-state index contributed by atoms with van der Waals surface area (Å²) in [6.07, 6.45) is 3.42. The van der Waals surface area contributed by atoms with E-state index in [4.69, 9.17) is 14.2 Å². The van der Waals surface area contributed by atoms with Crippen LogP contribution in [0.15, 0.2) is 25.3 Å². The van der Waals surface area contributed by atoms with Crippen LogP contribution in [-0.4, -0.2) is 61.5 Å². The third-order valence-corrected chi connectivity index (χ3v) is 4.62. The number of alkyl carbamates (subject to hydrolysis) is 1. The Balaban J connectivity index is 4.46. The van der Waals surface area contributed by atoms with Gasteiger partial charge >= 0.3 is 24.1 Å². The van der Waals surface area contributed by atoms with Crippen molar-refractivity contribution in [3.63, 3.8) is 0 Å². The van der Waals surface area contributed by atoms with Gasteiger partial charge in [0.15, 0.2) is 0 Å². The van der Waals surface area contributed by atoms with Crippen molar-refractivity contribution >= 4 is 24.1 Å². The fourth-order valence-corrected chi connectivity index (χ4v) is 2.16. The van der Waals surface area contributed by atoms with Gasteiger partial charge in [-0.2, -0.15) is 0 Å². The average molecular weight is 442 g/mol. The Bertz CT molecular complexity index is 621. The first-order valence-corrected chi connectivity index (χ1v) is 10.1. The zero-order valence-electron chi connectivity index (χ0n) is 18.9. The molecular weight excluding hydrogens is 406 g/mol. The van der Waals surface area contributed by atoms with Crippen LogP contribution in [0.25, 0.3) is 0 Å². The molecule has 0 bridgehead atoms. The summed E-state index contributed by atoms with van der Waals surface area (Å²) in [5.41, 5.74) is -1.49. The van der Waals surface area contributed by atoms with Crippen LogP contribution in [0.2, 0.25) is 0 Å². The summed E-state index contributed by atoms with van der Waals surface area (Å²) in [4.78, 5) is 46.7. The Hall–Kier alpha value is -3.04. The van der Waals surface area contributed by atoms with E-state index in [-0.39, 0.29) is 31.9 Å². The minimum absolute atomic E-state index is 0.126. The lowest BCUT2D eigenvalue weighted by atomic mass is 9.96. The first-order chi connectivity index (χ1) is 14.5. The van der Waals surface area contributed by atoms with Crippen LogP contribution in [0, 0.1) is 0 Å². The summed E-state index contributed by atoms with van der Waals surface area (Å²) in [6, 6.07) is -0.569. The van der Waals surface area contributed by atoms with E-state index in [1.807, 2.05) is 20.8 Å². The van der Waals surface area contributed by atoms with Gasteiger partial charge in [0.25, 0.3) is 0 Å². The summed E-state index contributed by atoms with van der Waals surface area (Å²) in [5.74, 6) is -1.36. The van der Waals surface area contributed by atoms with E-state index in [9.17, 15) is 19.2 Å². The smallest absolute Gasteiger partial charge is 0.407 e. The van der Waals surface area contributed by atoms with Gasteiger partial charge in [0.2, 0.25) is 0 Å². The number of nitrogens with one attached hydrogen (secondary N) is 3. The highest BCUT2D eigenvalue weighted by atomic mass is 16.6. The van der Waals surface area contributed by atoms with Gasteiger partial charge in [-0.3, -0.25) is 0 Å². The molecular formula is C21H35N3O7. The van der Waals surface area contributed by atoms with E-state index in [1.165, 1.54) is 0 Å². The van der Waals surface area contributed by atoms with Crippen molar-refractivity contribution < 1.29 is 33.4 Å². The Kier molecular flexibility index (Phi) is 12.7. The van der Waals surface area contributed by atoms with Gasteiger partial charge in [0.1, 0.15) is 18.8 Å². The van der Waals surface area contributed by atoms with Crippen molar-refractivity contribution in [3.05, 3.63) is 25.3 Å². The van der Waals surface area contributed by atoms with Crippen molar-refractivity contribution in [1.29, 1.82) is 0 Å². The molecule has 0 aliphatic carbocycles. The molecule has 31 heavy (non-hydrogen) atoms. The molecule has 0 aromatic carbocycles. The first-order valence-electron chi connectivity index (χ1n) is 10.1. The molecule has 3 amide bonds. The normalized spacial score (nSPS) is 11.0. The quantitative estimate of drug-likeness (QED) is 0.163. The Labute approximate surface area is 183 Å². The van der Waals surface area contributed by atoms with Crippen LogP contribution in [0.4, 0.5) is 9.59 Å². The molecule has 0 atom stereocenters. The first kappa shape index (κ1) is 28.0. The van der Waals surface area contributed by atoms with E-state index in [0.717, 1.165) is 25.0 Å². The molecule has 0 saturated carbocycles. The number of hydrogen-bond donors (Lipinski definition) is 3. The van der Waals surface area contributed by atoms with Gasteiger partial charge in [-0.1, -0.05) is 27.0 Å². The number of urea groups is 1. The van der Waals surface area contributed by atoms with Crippen molar-refractivity contribution in [2.45, 2.75) is 58.0 Å². The number of carbonyl (C=O) groups excluding carboxylic acids is 4. The third kappa shape index (κ3) is 12.3. The molecule has 0 aromatic heterocycles. The fraction of sp³-hybridized carbons (Fsp3) is 0.619. The zero-order chi connectivity index (χ0) is 23.9. The molecule has 0 aliphatic heterocycles. The van der Waals surface area contributed by atoms with Gasteiger partial charge in [-0.15, -0.1) is 0 Å². The minimum atomic E-state index is -1.18. The van der Waals surface area contributed by atoms with Crippen LogP contribution in [0.5, 0.6) is 0 Å². The fourth-order valence-electron chi connectivity index (χ4n) is 2.16. The maximum Gasteiger partial charge on any atom is 0.407 e. The molecule has 3 N–H and O–H groups in total. The molecule has 0 rings (SSSR count). The van der Waals surface area contributed by atoms with Gasteiger partial charge < -0.3 is 30.2 Å². The van der Waals surface area contributed by atoms with E-state index >= 15 is 0 Å². The molecule has 0 radical (unpaired) electrons. The summed E-state index contributed by atoms with van der Waals surface area (Å²) < 4.78 is 15.1. The van der Waals surface area contributed by atoms with Gasteiger partial charge in [-0.05, 0) is 33.1 Å². The highest BCUT2D eigenvalue weighted by Crippen LogP contribution is 2.13. The van der Waals surface area contributed by atoms with Gasteiger partial charge in [-0.25, -0.2) is 19.2 Å². The second-order valence-electron chi connectivity index (χ2n) is 7.45. The van der Waals surface area contributed by atoms with Crippen LogP contribution >= 0.6 is 0 Å². The summed E-state index contributed by atoms with van der Waals surface area (Å²) in [5, 5.41) is 8.03. The average Bonchev–Trinajstić information content (AvgIpc) is 2.75. The topological polar surface area (TPSA) is 132 Å². The van der Waals surface area contributed by atoms with E-state index in [1.54, 1.807) is 6.92 Å². The van der Waals surface area contributed by atoms with Gasteiger partial charge in [0, 0.05) is 24.2 Å². The van der Waals surface area contributed by atoms with E-state index in [0.29, 0.717) is 6.42 Å². The van der Waals surface area contributed by atoms with Crippen LogP contribution in [-0.2, 0) is 23.8 Å². The molecule has 0 unspecified atom stereocenters. The molecule has 10 nitrogen and oxygen atoms in total. The SMILES string of the molecule is C=CC(=O)OCC(C)(COC(=O)C=C)NC(=O)NCCCOC(=O)NC(C)(CC)CC. The number of rotatable bonds is 14. The maximum atomic E-state index is 12.2. The monoisotopic (exact) mass is 441 g/mol. The maximum absolute atomic E-state index is 12.2. The lowest BCUT2D eigenvalue weighted by Gasteiger charge is -2.29. The third-order valence-electron chi connectivity index (χ3n) is 4.62. The molecule has 0 aromatic rings. The number of amides is 3. The molecule has 0 saturated heterocycles. The molecule has 0 heterocycles. The highest BCUT2D eigenvalue weighted by molar-refractivity contribution is 5.82.